The van der Waals surface area contributed by atoms with Gasteiger partial charge in [-0.05, 0) is 17.9 Å². The maximum Gasteiger partial charge on any atom is 0.155 e. The summed E-state index contributed by atoms with van der Waals surface area (Å²) in [5.41, 5.74) is -0.523. The van der Waals surface area contributed by atoms with E-state index in [1.54, 1.807) is 13.3 Å². The van der Waals surface area contributed by atoms with Crippen LogP contribution in [0.4, 0.5) is 0 Å². The van der Waals surface area contributed by atoms with Crippen LogP contribution in [0, 0.1) is 22.7 Å². The van der Waals surface area contributed by atoms with E-state index in [0.717, 1.165) is 16.5 Å². The Hall–Kier alpha value is -2.25. The molecule has 1 aromatic carbocycles. The van der Waals surface area contributed by atoms with Crippen molar-refractivity contribution >= 4 is 16.6 Å². The topological polar surface area (TPSA) is 63.0 Å². The molecule has 118 valence electrons. The number of Topliss-reactive ketones (excluding diaryl/α,β-unsaturated/α-hetero) is 1. The Labute approximate surface area is 136 Å². The summed E-state index contributed by atoms with van der Waals surface area (Å²) in [4.78, 5) is 17.1. The van der Waals surface area contributed by atoms with E-state index in [4.69, 9.17) is 4.74 Å². The SMILES string of the molecule is COC1(c2nccc3ccccc23)CC(C#N)C(=O)C(C)(C)C1. The Morgan fingerprint density at radius 2 is 2.04 bits per heavy atom. The van der Waals surface area contributed by atoms with E-state index in [1.807, 2.05) is 44.2 Å². The fourth-order valence-electron chi connectivity index (χ4n) is 3.79. The van der Waals surface area contributed by atoms with Crippen LogP contribution in [-0.2, 0) is 15.1 Å². The Morgan fingerprint density at radius 1 is 1.30 bits per heavy atom. The molecule has 0 radical (unpaired) electrons. The van der Waals surface area contributed by atoms with Gasteiger partial charge < -0.3 is 4.74 Å². The molecular weight excluding hydrogens is 288 g/mol. The number of carbonyl (C=O) groups excluding carboxylic acids is 1. The minimum Gasteiger partial charge on any atom is -0.372 e. The number of fused-ring (bicyclic) bond motifs is 1. The van der Waals surface area contributed by atoms with Crippen molar-refractivity contribution in [2.45, 2.75) is 32.3 Å². The number of ketones is 1. The van der Waals surface area contributed by atoms with E-state index in [2.05, 4.69) is 11.1 Å². The van der Waals surface area contributed by atoms with E-state index in [-0.39, 0.29) is 5.78 Å². The summed E-state index contributed by atoms with van der Waals surface area (Å²) >= 11 is 0. The third-order valence-corrected chi connectivity index (χ3v) is 4.90. The molecule has 0 spiro atoms. The quantitative estimate of drug-likeness (QED) is 0.850. The van der Waals surface area contributed by atoms with Crippen molar-refractivity contribution in [2.75, 3.05) is 7.11 Å². The number of nitrogens with zero attached hydrogens (tertiary/aromatic N) is 2. The van der Waals surface area contributed by atoms with Crippen molar-refractivity contribution in [3.63, 3.8) is 0 Å². The Morgan fingerprint density at radius 3 is 2.74 bits per heavy atom. The van der Waals surface area contributed by atoms with Crippen LogP contribution in [-0.4, -0.2) is 17.9 Å². The number of nitriles is 1. The molecule has 4 nitrogen and oxygen atoms in total. The molecule has 1 aliphatic carbocycles. The van der Waals surface area contributed by atoms with E-state index in [9.17, 15) is 10.1 Å². The van der Waals surface area contributed by atoms with Crippen LogP contribution in [0.5, 0.6) is 0 Å². The number of hydrogen-bond acceptors (Lipinski definition) is 4. The number of benzene rings is 1. The summed E-state index contributed by atoms with van der Waals surface area (Å²) in [6.07, 6.45) is 2.64. The Balaban J connectivity index is 2.21. The Kier molecular flexibility index (Phi) is 3.69. The lowest BCUT2D eigenvalue weighted by molar-refractivity contribution is -0.148. The number of methoxy groups -OCH3 is 1. The molecule has 2 unspecified atom stereocenters. The lowest BCUT2D eigenvalue weighted by atomic mass is 9.63. The summed E-state index contributed by atoms with van der Waals surface area (Å²) < 4.78 is 5.92. The number of ether oxygens (including phenoxy) is 1. The van der Waals surface area contributed by atoms with Gasteiger partial charge >= 0.3 is 0 Å². The first-order valence-electron chi connectivity index (χ1n) is 7.77. The normalized spacial score (nSPS) is 26.9. The van der Waals surface area contributed by atoms with Crippen LogP contribution in [0.2, 0.25) is 0 Å². The molecule has 23 heavy (non-hydrogen) atoms. The average Bonchev–Trinajstić information content (AvgIpc) is 2.56. The monoisotopic (exact) mass is 308 g/mol. The molecule has 0 amide bonds. The fourth-order valence-corrected chi connectivity index (χ4v) is 3.79. The first-order valence-corrected chi connectivity index (χ1v) is 7.77. The highest BCUT2D eigenvalue weighted by atomic mass is 16.5. The molecule has 4 heteroatoms. The van der Waals surface area contributed by atoms with E-state index in [1.165, 1.54) is 0 Å². The van der Waals surface area contributed by atoms with Crippen molar-refractivity contribution in [1.82, 2.24) is 4.98 Å². The second-order valence-electron chi connectivity index (χ2n) is 6.89. The van der Waals surface area contributed by atoms with E-state index >= 15 is 0 Å². The van der Waals surface area contributed by atoms with Gasteiger partial charge in [-0.2, -0.15) is 5.26 Å². The van der Waals surface area contributed by atoms with Crippen LogP contribution in [0.15, 0.2) is 36.5 Å². The molecule has 0 N–H and O–H groups in total. The van der Waals surface area contributed by atoms with Crippen molar-refractivity contribution in [3.8, 4) is 6.07 Å². The van der Waals surface area contributed by atoms with Gasteiger partial charge in [0.2, 0.25) is 0 Å². The van der Waals surface area contributed by atoms with Crippen LogP contribution in [0.1, 0.15) is 32.4 Å². The predicted molar refractivity (Wildman–Crippen MR) is 87.6 cm³/mol. The minimum atomic E-state index is -0.724. The van der Waals surface area contributed by atoms with Gasteiger partial charge in [-0.25, -0.2) is 0 Å². The molecule has 2 atom stereocenters. The predicted octanol–water partition coefficient (Wildman–Crippen LogP) is 3.61. The molecule has 0 bridgehead atoms. The van der Waals surface area contributed by atoms with Gasteiger partial charge in [-0.3, -0.25) is 9.78 Å². The highest BCUT2D eigenvalue weighted by Crippen LogP contribution is 2.49. The number of aromatic nitrogens is 1. The van der Waals surface area contributed by atoms with E-state index < -0.39 is 16.9 Å². The zero-order valence-corrected chi connectivity index (χ0v) is 13.7. The highest BCUT2D eigenvalue weighted by molar-refractivity contribution is 5.90. The van der Waals surface area contributed by atoms with Gasteiger partial charge in [0.25, 0.3) is 0 Å². The van der Waals surface area contributed by atoms with Gasteiger partial charge in [0, 0.05) is 30.5 Å². The maximum atomic E-state index is 12.5. The molecule has 1 heterocycles. The third-order valence-electron chi connectivity index (χ3n) is 4.90. The summed E-state index contributed by atoms with van der Waals surface area (Å²) in [5.74, 6) is -0.674. The first kappa shape index (κ1) is 15.6. The van der Waals surface area contributed by atoms with Crippen LogP contribution in [0.25, 0.3) is 10.8 Å². The van der Waals surface area contributed by atoms with Gasteiger partial charge in [-0.15, -0.1) is 0 Å². The number of pyridine rings is 1. The van der Waals surface area contributed by atoms with Gasteiger partial charge in [0.1, 0.15) is 11.5 Å². The maximum absolute atomic E-state index is 12.5. The van der Waals surface area contributed by atoms with Crippen LogP contribution < -0.4 is 0 Å². The van der Waals surface area contributed by atoms with Crippen molar-refractivity contribution in [2.24, 2.45) is 11.3 Å². The largest absolute Gasteiger partial charge is 0.372 e. The average molecular weight is 308 g/mol. The highest BCUT2D eigenvalue weighted by Gasteiger charge is 2.52. The summed E-state index contributed by atoms with van der Waals surface area (Å²) in [7, 11) is 1.64. The minimum absolute atomic E-state index is 0.00656. The molecule has 1 aromatic heterocycles. The summed E-state index contributed by atoms with van der Waals surface area (Å²) in [5, 5.41) is 11.5. The summed E-state index contributed by atoms with van der Waals surface area (Å²) in [6, 6.07) is 12.1. The molecule has 2 aromatic rings. The molecule has 3 rings (SSSR count). The second-order valence-corrected chi connectivity index (χ2v) is 6.89. The zero-order chi connectivity index (χ0) is 16.7. The lowest BCUT2D eigenvalue weighted by Crippen LogP contribution is -2.48. The van der Waals surface area contributed by atoms with Crippen molar-refractivity contribution in [3.05, 3.63) is 42.2 Å². The number of hydrogen-bond donors (Lipinski definition) is 0. The number of carbonyl (C=O) groups is 1. The molecule has 1 fully saturated rings. The molecule has 0 saturated heterocycles. The van der Waals surface area contributed by atoms with Crippen LogP contribution >= 0.6 is 0 Å². The third kappa shape index (κ3) is 2.42. The van der Waals surface area contributed by atoms with Crippen molar-refractivity contribution < 1.29 is 9.53 Å². The second kappa shape index (κ2) is 5.43. The van der Waals surface area contributed by atoms with Crippen molar-refractivity contribution in [1.29, 1.82) is 5.26 Å². The molecular formula is C19H20N2O2. The van der Waals surface area contributed by atoms with E-state index in [0.29, 0.717) is 12.8 Å². The van der Waals surface area contributed by atoms with Gasteiger partial charge in [0.15, 0.2) is 5.78 Å². The van der Waals surface area contributed by atoms with Gasteiger partial charge in [-0.1, -0.05) is 38.1 Å². The molecule has 0 aliphatic heterocycles. The summed E-state index contributed by atoms with van der Waals surface area (Å²) in [6.45, 7) is 3.77. The first-order chi connectivity index (χ1) is 10.9. The number of rotatable bonds is 2. The smallest absolute Gasteiger partial charge is 0.155 e. The molecule has 1 saturated carbocycles. The van der Waals surface area contributed by atoms with Gasteiger partial charge in [0.05, 0.1) is 11.8 Å². The Bertz CT molecular complexity index is 801. The standard InChI is InChI=1S/C19H20N2O2/c1-18(2)12-19(23-3,10-14(11-20)17(18)22)16-15-7-5-4-6-13(15)8-9-21-16/h4-9,14H,10,12H2,1-3H3. The van der Waals surface area contributed by atoms with Crippen LogP contribution in [0.3, 0.4) is 0 Å². The molecule has 1 aliphatic rings. The zero-order valence-electron chi connectivity index (χ0n) is 13.7. The fraction of sp³-hybridized carbons (Fsp3) is 0.421. The lowest BCUT2D eigenvalue weighted by Gasteiger charge is -2.44.